The Morgan fingerprint density at radius 2 is 1.57 bits per heavy atom. The molecule has 78 valence electrons. The Balaban J connectivity index is 3.07. The molecule has 1 rings (SSSR count). The van der Waals surface area contributed by atoms with Gasteiger partial charge in [0, 0.05) is 6.07 Å². The van der Waals surface area contributed by atoms with Crippen LogP contribution >= 0.6 is 11.6 Å². The van der Waals surface area contributed by atoms with Crippen molar-refractivity contribution in [2.75, 3.05) is 0 Å². The van der Waals surface area contributed by atoms with Crippen molar-refractivity contribution in [2.45, 2.75) is 11.5 Å². The molecule has 0 radical (unpaired) electrons. The van der Waals surface area contributed by atoms with Gasteiger partial charge < -0.3 is 5.11 Å². The van der Waals surface area contributed by atoms with Crippen LogP contribution in [0, 0.1) is 11.6 Å². The fraction of sp³-hybridized carbons (Fsp3) is 0.250. The van der Waals surface area contributed by atoms with E-state index in [2.05, 4.69) is 11.6 Å². The van der Waals surface area contributed by atoms with E-state index in [1.807, 2.05) is 0 Å². The highest BCUT2D eigenvalue weighted by Gasteiger charge is 2.37. The molecule has 1 unspecified atom stereocenters. The van der Waals surface area contributed by atoms with E-state index >= 15 is 0 Å². The Bertz CT molecular complexity index is 316. The van der Waals surface area contributed by atoms with Gasteiger partial charge >= 0.3 is 5.38 Å². The van der Waals surface area contributed by atoms with Crippen LogP contribution in [0.4, 0.5) is 17.6 Å². The van der Waals surface area contributed by atoms with Gasteiger partial charge in [0.25, 0.3) is 0 Å². The third kappa shape index (κ3) is 2.59. The maximum Gasteiger partial charge on any atom is 0.351 e. The first-order valence-corrected chi connectivity index (χ1v) is 3.89. The van der Waals surface area contributed by atoms with Gasteiger partial charge in [-0.3, -0.25) is 0 Å². The maximum absolute atomic E-state index is 12.5. The molecule has 1 N–H and O–H groups in total. The van der Waals surface area contributed by atoms with Crippen molar-refractivity contribution in [1.82, 2.24) is 0 Å². The Kier molecular flexibility index (Phi) is 3.01. The predicted molar refractivity (Wildman–Crippen MR) is 42.1 cm³/mol. The van der Waals surface area contributed by atoms with Gasteiger partial charge in [-0.25, -0.2) is 8.78 Å². The van der Waals surface area contributed by atoms with Gasteiger partial charge in [0.15, 0.2) is 6.10 Å². The minimum absolute atomic E-state index is 0.503. The number of halogens is 5. The summed E-state index contributed by atoms with van der Waals surface area (Å²) in [4.78, 5) is 0. The highest BCUT2D eigenvalue weighted by Crippen LogP contribution is 2.35. The van der Waals surface area contributed by atoms with Crippen LogP contribution in [0.5, 0.6) is 0 Å². The number of rotatable bonds is 2. The molecule has 0 aliphatic heterocycles. The molecule has 14 heavy (non-hydrogen) atoms. The molecular formula is C8H5ClF4O. The molecule has 1 aromatic rings. The zero-order valence-electron chi connectivity index (χ0n) is 6.65. The third-order valence-corrected chi connectivity index (χ3v) is 1.72. The summed E-state index contributed by atoms with van der Waals surface area (Å²) >= 11 is 4.49. The Morgan fingerprint density at radius 3 is 1.93 bits per heavy atom. The average Bonchev–Trinajstić information content (AvgIpc) is 1.99. The molecule has 0 aliphatic rings. The topological polar surface area (TPSA) is 20.2 Å². The number of aliphatic hydroxyl groups is 1. The van der Waals surface area contributed by atoms with Crippen LogP contribution in [0.1, 0.15) is 11.7 Å². The van der Waals surface area contributed by atoms with E-state index < -0.39 is 28.7 Å². The maximum atomic E-state index is 12.5. The molecule has 1 nitrogen and oxygen atoms in total. The summed E-state index contributed by atoms with van der Waals surface area (Å²) in [6, 6.07) is 1.68. The smallest absolute Gasteiger partial charge is 0.351 e. The first-order valence-electron chi connectivity index (χ1n) is 3.51. The molecule has 0 heterocycles. The van der Waals surface area contributed by atoms with Crippen LogP contribution in [0.15, 0.2) is 18.2 Å². The highest BCUT2D eigenvalue weighted by molar-refractivity contribution is 6.22. The van der Waals surface area contributed by atoms with Gasteiger partial charge in [-0.2, -0.15) is 8.78 Å². The number of benzene rings is 1. The molecular weight excluding hydrogens is 224 g/mol. The van der Waals surface area contributed by atoms with E-state index in [0.717, 1.165) is 0 Å². The van der Waals surface area contributed by atoms with Crippen molar-refractivity contribution in [3.05, 3.63) is 35.4 Å². The van der Waals surface area contributed by atoms with Gasteiger partial charge in [-0.15, -0.1) is 0 Å². The molecule has 0 spiro atoms. The third-order valence-electron chi connectivity index (χ3n) is 1.51. The lowest BCUT2D eigenvalue weighted by Gasteiger charge is -2.16. The molecule has 0 amide bonds. The lowest BCUT2D eigenvalue weighted by molar-refractivity contribution is -0.0427. The summed E-state index contributed by atoms with van der Waals surface area (Å²) in [6.07, 6.45) is -2.44. The van der Waals surface area contributed by atoms with Gasteiger partial charge in [-0.1, -0.05) is 0 Å². The van der Waals surface area contributed by atoms with Gasteiger partial charge in [0.1, 0.15) is 11.6 Å². The standard InChI is InChI=1S/C8H5ClF4O/c9-8(12,13)7(14)4-1-5(10)3-6(11)2-4/h1-3,7,14H. The zero-order valence-corrected chi connectivity index (χ0v) is 7.40. The van der Waals surface area contributed by atoms with Crippen LogP contribution in [0.3, 0.4) is 0 Å². The molecule has 0 fully saturated rings. The lowest BCUT2D eigenvalue weighted by Crippen LogP contribution is -2.19. The Hall–Kier alpha value is -0.810. The van der Waals surface area contributed by atoms with Crippen molar-refractivity contribution >= 4 is 11.6 Å². The number of hydrogen-bond acceptors (Lipinski definition) is 1. The monoisotopic (exact) mass is 228 g/mol. The van der Waals surface area contributed by atoms with Crippen LogP contribution in [-0.2, 0) is 0 Å². The Labute approximate surface area is 81.9 Å². The zero-order chi connectivity index (χ0) is 10.9. The summed E-state index contributed by atoms with van der Waals surface area (Å²) in [5.41, 5.74) is -0.609. The van der Waals surface area contributed by atoms with Crippen LogP contribution in [-0.4, -0.2) is 10.5 Å². The van der Waals surface area contributed by atoms with Crippen molar-refractivity contribution in [2.24, 2.45) is 0 Å². The van der Waals surface area contributed by atoms with Crippen molar-refractivity contribution in [3.63, 3.8) is 0 Å². The molecule has 0 saturated carbocycles. The van der Waals surface area contributed by atoms with E-state index in [-0.39, 0.29) is 0 Å². The second-order valence-electron chi connectivity index (χ2n) is 2.65. The van der Waals surface area contributed by atoms with Crippen molar-refractivity contribution in [3.8, 4) is 0 Å². The van der Waals surface area contributed by atoms with Crippen molar-refractivity contribution in [1.29, 1.82) is 0 Å². The summed E-state index contributed by atoms with van der Waals surface area (Å²) < 4.78 is 49.7. The molecule has 0 saturated heterocycles. The van der Waals surface area contributed by atoms with E-state index in [9.17, 15) is 17.6 Å². The summed E-state index contributed by atoms with van der Waals surface area (Å²) in [7, 11) is 0. The molecule has 0 bridgehead atoms. The lowest BCUT2D eigenvalue weighted by atomic mass is 10.1. The van der Waals surface area contributed by atoms with E-state index in [1.165, 1.54) is 0 Å². The largest absolute Gasteiger partial charge is 0.381 e. The summed E-state index contributed by atoms with van der Waals surface area (Å²) in [5, 5.41) is 4.93. The predicted octanol–water partition coefficient (Wildman–Crippen LogP) is 2.83. The normalized spacial score (nSPS) is 14.1. The van der Waals surface area contributed by atoms with E-state index in [1.54, 1.807) is 0 Å². The van der Waals surface area contributed by atoms with Gasteiger partial charge in [-0.05, 0) is 29.3 Å². The molecule has 1 aromatic carbocycles. The van der Waals surface area contributed by atoms with Gasteiger partial charge in [0.05, 0.1) is 0 Å². The molecule has 0 aromatic heterocycles. The SMILES string of the molecule is OC(c1cc(F)cc(F)c1)C(F)(F)Cl. The van der Waals surface area contributed by atoms with Crippen LogP contribution < -0.4 is 0 Å². The van der Waals surface area contributed by atoms with Gasteiger partial charge in [0.2, 0.25) is 0 Å². The molecule has 1 atom stereocenters. The van der Waals surface area contributed by atoms with Crippen LogP contribution in [0.2, 0.25) is 0 Å². The molecule has 6 heteroatoms. The highest BCUT2D eigenvalue weighted by atomic mass is 35.5. The van der Waals surface area contributed by atoms with Crippen molar-refractivity contribution < 1.29 is 22.7 Å². The number of hydrogen-bond donors (Lipinski definition) is 1. The van der Waals surface area contributed by atoms with E-state index in [0.29, 0.717) is 18.2 Å². The number of alkyl halides is 3. The van der Waals surface area contributed by atoms with E-state index in [4.69, 9.17) is 5.11 Å². The summed E-state index contributed by atoms with van der Waals surface area (Å²) in [6.45, 7) is 0. The second kappa shape index (κ2) is 3.74. The second-order valence-corrected chi connectivity index (χ2v) is 3.15. The average molecular weight is 229 g/mol. The minimum atomic E-state index is -3.96. The quantitative estimate of drug-likeness (QED) is 0.610. The number of aliphatic hydroxyl groups excluding tert-OH is 1. The first kappa shape index (κ1) is 11.3. The van der Waals surface area contributed by atoms with Crippen LogP contribution in [0.25, 0.3) is 0 Å². The fourth-order valence-electron chi connectivity index (χ4n) is 0.922. The Morgan fingerprint density at radius 1 is 1.14 bits per heavy atom. The molecule has 0 aliphatic carbocycles. The minimum Gasteiger partial charge on any atom is -0.381 e. The first-order chi connectivity index (χ1) is 6.30. The fourth-order valence-corrected chi connectivity index (χ4v) is 1.05. The summed E-state index contributed by atoms with van der Waals surface area (Å²) in [5.74, 6) is -2.11.